The van der Waals surface area contributed by atoms with Crippen molar-refractivity contribution in [3.05, 3.63) is 0 Å². The van der Waals surface area contributed by atoms with E-state index in [2.05, 4.69) is 22.6 Å². The van der Waals surface area contributed by atoms with Gasteiger partial charge < -0.3 is 15.5 Å². The maximum atomic E-state index is 12.3. The molecule has 17 heavy (non-hydrogen) atoms. The number of rotatable bonds is 2. The van der Waals surface area contributed by atoms with E-state index < -0.39 is 0 Å². The molecular formula is C13H23N3O. The van der Waals surface area contributed by atoms with Crippen LogP contribution in [-0.2, 0) is 4.79 Å². The molecule has 0 aromatic carbocycles. The zero-order chi connectivity index (χ0) is 11.9. The van der Waals surface area contributed by atoms with E-state index in [1.165, 1.54) is 12.8 Å². The lowest BCUT2D eigenvalue weighted by atomic mass is 9.68. The summed E-state index contributed by atoms with van der Waals surface area (Å²) in [5.74, 6) is 1.26. The molecule has 2 unspecified atom stereocenters. The molecule has 0 aromatic heterocycles. The Morgan fingerprint density at radius 3 is 2.71 bits per heavy atom. The molecular weight excluding hydrogens is 214 g/mol. The number of carbonyl (C=O) groups is 1. The van der Waals surface area contributed by atoms with Crippen molar-refractivity contribution in [1.29, 1.82) is 0 Å². The van der Waals surface area contributed by atoms with Gasteiger partial charge in [0.25, 0.3) is 0 Å². The Morgan fingerprint density at radius 1 is 1.35 bits per heavy atom. The Labute approximate surface area is 103 Å². The largest absolute Gasteiger partial charge is 0.349 e. The first kappa shape index (κ1) is 11.5. The van der Waals surface area contributed by atoms with Crippen LogP contribution < -0.4 is 10.6 Å². The summed E-state index contributed by atoms with van der Waals surface area (Å²) in [7, 11) is 2.13. The van der Waals surface area contributed by atoms with Crippen LogP contribution in [0.5, 0.6) is 0 Å². The molecule has 4 nitrogen and oxygen atoms in total. The Kier molecular flexibility index (Phi) is 2.87. The summed E-state index contributed by atoms with van der Waals surface area (Å²) in [4.78, 5) is 14.6. The summed E-state index contributed by atoms with van der Waals surface area (Å²) < 4.78 is 0. The second-order valence-corrected chi connectivity index (χ2v) is 6.09. The zero-order valence-electron chi connectivity index (χ0n) is 10.7. The van der Waals surface area contributed by atoms with E-state index in [1.54, 1.807) is 0 Å². The first-order chi connectivity index (χ1) is 8.20. The third kappa shape index (κ3) is 1.97. The summed E-state index contributed by atoms with van der Waals surface area (Å²) in [5.41, 5.74) is 0.125. The average molecular weight is 237 g/mol. The Bertz CT molecular complexity index is 312. The van der Waals surface area contributed by atoms with Gasteiger partial charge in [0.1, 0.15) is 0 Å². The Hall–Kier alpha value is -0.610. The number of likely N-dealkylation sites (tertiary alicyclic amines) is 1. The van der Waals surface area contributed by atoms with E-state index in [1.807, 2.05) is 0 Å². The molecule has 3 fully saturated rings. The number of nitrogens with one attached hydrogen (secondary N) is 2. The van der Waals surface area contributed by atoms with E-state index in [0.717, 1.165) is 39.0 Å². The predicted molar refractivity (Wildman–Crippen MR) is 66.7 cm³/mol. The highest BCUT2D eigenvalue weighted by molar-refractivity contribution is 5.80. The molecule has 1 aliphatic carbocycles. The zero-order valence-corrected chi connectivity index (χ0v) is 10.7. The lowest BCUT2D eigenvalue weighted by Gasteiger charge is -2.45. The van der Waals surface area contributed by atoms with Crippen molar-refractivity contribution < 1.29 is 4.79 Å². The van der Waals surface area contributed by atoms with Crippen LogP contribution in [0.4, 0.5) is 0 Å². The lowest BCUT2D eigenvalue weighted by Crippen LogP contribution is -2.61. The molecule has 2 atom stereocenters. The minimum Gasteiger partial charge on any atom is -0.349 e. The number of amides is 1. The van der Waals surface area contributed by atoms with Gasteiger partial charge in [0.15, 0.2) is 0 Å². The van der Waals surface area contributed by atoms with Crippen molar-refractivity contribution in [2.24, 2.45) is 11.8 Å². The maximum absolute atomic E-state index is 12.3. The first-order valence-electron chi connectivity index (χ1n) is 6.91. The highest BCUT2D eigenvalue weighted by Crippen LogP contribution is 2.41. The molecule has 1 saturated carbocycles. The molecule has 2 N–H and O–H groups in total. The molecule has 0 spiro atoms. The topological polar surface area (TPSA) is 44.4 Å². The van der Waals surface area contributed by atoms with Crippen LogP contribution in [0.2, 0.25) is 0 Å². The van der Waals surface area contributed by atoms with Crippen LogP contribution in [-0.4, -0.2) is 49.6 Å². The molecule has 0 bridgehead atoms. The normalized spacial score (nSPS) is 38.5. The molecule has 3 rings (SSSR count). The third-order valence-electron chi connectivity index (χ3n) is 5.01. The molecule has 96 valence electrons. The second kappa shape index (κ2) is 4.25. The van der Waals surface area contributed by atoms with Gasteiger partial charge in [-0.1, -0.05) is 0 Å². The smallest absolute Gasteiger partial charge is 0.223 e. The first-order valence-corrected chi connectivity index (χ1v) is 6.91. The Balaban J connectivity index is 1.56. The summed E-state index contributed by atoms with van der Waals surface area (Å²) >= 11 is 0. The number of carbonyl (C=O) groups excluding carboxylic acids is 1. The van der Waals surface area contributed by atoms with E-state index >= 15 is 0 Å². The van der Waals surface area contributed by atoms with Crippen molar-refractivity contribution in [2.45, 2.75) is 31.2 Å². The number of hydrogen-bond acceptors (Lipinski definition) is 3. The van der Waals surface area contributed by atoms with Gasteiger partial charge in [-0.15, -0.1) is 0 Å². The number of nitrogens with zero attached hydrogens (tertiary/aromatic N) is 1. The van der Waals surface area contributed by atoms with Gasteiger partial charge in [-0.3, -0.25) is 4.79 Å². The number of fused-ring (bicyclic) bond motifs is 1. The molecule has 3 aliphatic rings. The van der Waals surface area contributed by atoms with Crippen LogP contribution >= 0.6 is 0 Å². The van der Waals surface area contributed by atoms with Gasteiger partial charge in [-0.25, -0.2) is 0 Å². The summed E-state index contributed by atoms with van der Waals surface area (Å²) in [6, 6.07) is 0. The highest BCUT2D eigenvalue weighted by atomic mass is 16.2. The summed E-state index contributed by atoms with van der Waals surface area (Å²) in [6.45, 7) is 4.20. The average Bonchev–Trinajstić information content (AvgIpc) is 2.57. The predicted octanol–water partition coefficient (Wildman–Crippen LogP) is 0.196. The van der Waals surface area contributed by atoms with Crippen LogP contribution in [0.25, 0.3) is 0 Å². The van der Waals surface area contributed by atoms with Crippen molar-refractivity contribution in [2.75, 3.05) is 33.2 Å². The van der Waals surface area contributed by atoms with Gasteiger partial charge in [-0.05, 0) is 51.7 Å². The number of piperidine rings is 1. The van der Waals surface area contributed by atoms with E-state index in [4.69, 9.17) is 0 Å². The fourth-order valence-electron chi connectivity index (χ4n) is 3.52. The SMILES string of the molecule is CN1CCC(C(=O)NC23CCC2CNC3)CC1. The minimum atomic E-state index is 0.125. The molecule has 0 radical (unpaired) electrons. The maximum Gasteiger partial charge on any atom is 0.223 e. The Morgan fingerprint density at radius 2 is 2.12 bits per heavy atom. The molecule has 2 heterocycles. The fourth-order valence-corrected chi connectivity index (χ4v) is 3.52. The van der Waals surface area contributed by atoms with Gasteiger partial charge >= 0.3 is 0 Å². The summed E-state index contributed by atoms with van der Waals surface area (Å²) in [5, 5.41) is 6.77. The lowest BCUT2D eigenvalue weighted by molar-refractivity contribution is -0.130. The van der Waals surface area contributed by atoms with E-state index in [-0.39, 0.29) is 11.5 Å². The monoisotopic (exact) mass is 237 g/mol. The van der Waals surface area contributed by atoms with E-state index in [9.17, 15) is 4.79 Å². The van der Waals surface area contributed by atoms with Gasteiger partial charge in [-0.2, -0.15) is 0 Å². The van der Waals surface area contributed by atoms with Gasteiger partial charge in [0.05, 0.1) is 5.54 Å². The second-order valence-electron chi connectivity index (χ2n) is 6.09. The highest BCUT2D eigenvalue weighted by Gasteiger charge is 2.51. The van der Waals surface area contributed by atoms with E-state index in [0.29, 0.717) is 11.8 Å². The van der Waals surface area contributed by atoms with Crippen molar-refractivity contribution in [3.8, 4) is 0 Å². The summed E-state index contributed by atoms with van der Waals surface area (Å²) in [6.07, 6.45) is 4.50. The molecule has 2 aliphatic heterocycles. The van der Waals surface area contributed by atoms with Crippen LogP contribution in [0.3, 0.4) is 0 Å². The van der Waals surface area contributed by atoms with Crippen molar-refractivity contribution in [1.82, 2.24) is 15.5 Å². The minimum absolute atomic E-state index is 0.125. The van der Waals surface area contributed by atoms with Crippen molar-refractivity contribution >= 4 is 5.91 Å². The molecule has 1 amide bonds. The van der Waals surface area contributed by atoms with Crippen LogP contribution in [0.15, 0.2) is 0 Å². The van der Waals surface area contributed by atoms with Crippen LogP contribution in [0, 0.1) is 11.8 Å². The molecule has 2 saturated heterocycles. The molecule has 0 aromatic rings. The molecule has 4 heteroatoms. The quantitative estimate of drug-likeness (QED) is 0.721. The van der Waals surface area contributed by atoms with Crippen molar-refractivity contribution in [3.63, 3.8) is 0 Å². The number of hydrogen-bond donors (Lipinski definition) is 2. The fraction of sp³-hybridized carbons (Fsp3) is 0.923. The third-order valence-corrected chi connectivity index (χ3v) is 5.01. The van der Waals surface area contributed by atoms with Crippen LogP contribution in [0.1, 0.15) is 25.7 Å². The van der Waals surface area contributed by atoms with Gasteiger partial charge in [0.2, 0.25) is 5.91 Å². The standard InChI is InChI=1S/C13H23N3O/c1-16-6-3-10(4-7-16)12(17)15-13-5-2-11(13)8-14-9-13/h10-11,14H,2-9H2,1H3,(H,15,17). The van der Waals surface area contributed by atoms with Gasteiger partial charge in [0, 0.05) is 19.0 Å².